The molecule has 0 aliphatic carbocycles. The first-order valence-corrected chi connectivity index (χ1v) is 11.5. The van der Waals surface area contributed by atoms with Gasteiger partial charge in [0, 0.05) is 23.5 Å². The van der Waals surface area contributed by atoms with Gasteiger partial charge < -0.3 is 10.2 Å². The van der Waals surface area contributed by atoms with E-state index in [-0.39, 0.29) is 17.6 Å². The average molecular weight is 442 g/mol. The number of hydrogen-bond acceptors (Lipinski definition) is 6. The molecule has 1 aromatic carbocycles. The Kier molecular flexibility index (Phi) is 5.22. The predicted molar refractivity (Wildman–Crippen MR) is 117 cm³/mol. The fourth-order valence-electron chi connectivity index (χ4n) is 3.67. The zero-order valence-corrected chi connectivity index (χ0v) is 17.8. The topological polar surface area (TPSA) is 62.5 Å². The lowest BCUT2D eigenvalue weighted by Crippen LogP contribution is -2.42. The number of carbonyl (C=O) groups is 1. The standard InChI is InChI=1S/C21H20FN5OS2/c22-16-7-5-14(6-8-16)18-13-27-20(24-18)30-21(25-27)26-9-1-3-15(12-26)19(28)23-11-17-4-2-10-29-17/h2,4-8,10,13,15H,1,3,9,11-12H2,(H,23,28)/t15-/m1/s1. The van der Waals surface area contributed by atoms with Gasteiger partial charge in [-0.05, 0) is 48.6 Å². The van der Waals surface area contributed by atoms with Gasteiger partial charge in [0.25, 0.3) is 0 Å². The summed E-state index contributed by atoms with van der Waals surface area (Å²) in [6, 6.07) is 10.3. The van der Waals surface area contributed by atoms with E-state index in [1.165, 1.54) is 23.5 Å². The summed E-state index contributed by atoms with van der Waals surface area (Å²) in [5.41, 5.74) is 1.63. The SMILES string of the molecule is O=C(NCc1cccs1)[C@@H]1CCCN(c2nn3cc(-c4ccc(F)cc4)nc3s2)C1. The molecule has 1 atom stereocenters. The van der Waals surface area contributed by atoms with Crippen LogP contribution in [0.2, 0.25) is 0 Å². The van der Waals surface area contributed by atoms with Gasteiger partial charge in [-0.1, -0.05) is 17.4 Å². The third kappa shape index (κ3) is 3.95. The molecule has 0 bridgehead atoms. The van der Waals surface area contributed by atoms with E-state index in [1.807, 2.05) is 23.7 Å². The summed E-state index contributed by atoms with van der Waals surface area (Å²) in [7, 11) is 0. The summed E-state index contributed by atoms with van der Waals surface area (Å²) in [6.45, 7) is 2.14. The summed E-state index contributed by atoms with van der Waals surface area (Å²) in [6.07, 6.45) is 3.71. The van der Waals surface area contributed by atoms with Gasteiger partial charge in [0.2, 0.25) is 16.0 Å². The van der Waals surface area contributed by atoms with E-state index in [0.717, 1.165) is 45.6 Å². The van der Waals surface area contributed by atoms with Crippen molar-refractivity contribution in [1.29, 1.82) is 0 Å². The molecule has 154 valence electrons. The number of imidazole rings is 1. The molecule has 0 unspecified atom stereocenters. The zero-order valence-electron chi connectivity index (χ0n) is 16.1. The van der Waals surface area contributed by atoms with Gasteiger partial charge in [0.05, 0.1) is 24.4 Å². The molecule has 30 heavy (non-hydrogen) atoms. The summed E-state index contributed by atoms with van der Waals surface area (Å²) < 4.78 is 14.9. The van der Waals surface area contributed by atoms with E-state index in [9.17, 15) is 9.18 Å². The van der Waals surface area contributed by atoms with Gasteiger partial charge in [-0.3, -0.25) is 4.79 Å². The van der Waals surface area contributed by atoms with Crippen molar-refractivity contribution in [3.8, 4) is 11.3 Å². The minimum absolute atomic E-state index is 0.0373. The Morgan fingerprint density at radius 3 is 2.90 bits per heavy atom. The van der Waals surface area contributed by atoms with Crippen LogP contribution in [0.15, 0.2) is 48.0 Å². The van der Waals surface area contributed by atoms with Gasteiger partial charge in [0.1, 0.15) is 5.82 Å². The van der Waals surface area contributed by atoms with Gasteiger partial charge in [-0.2, -0.15) is 0 Å². The number of benzene rings is 1. The van der Waals surface area contributed by atoms with Crippen molar-refractivity contribution in [3.05, 3.63) is 58.7 Å². The highest BCUT2D eigenvalue weighted by atomic mass is 32.1. The van der Waals surface area contributed by atoms with E-state index >= 15 is 0 Å². The molecule has 0 saturated carbocycles. The molecule has 1 fully saturated rings. The normalized spacial score (nSPS) is 16.8. The van der Waals surface area contributed by atoms with Crippen LogP contribution in [0.1, 0.15) is 17.7 Å². The number of halogens is 1. The fourth-order valence-corrected chi connectivity index (χ4v) is 5.24. The van der Waals surface area contributed by atoms with E-state index in [1.54, 1.807) is 28.0 Å². The van der Waals surface area contributed by atoms with Crippen LogP contribution in [0.3, 0.4) is 0 Å². The monoisotopic (exact) mass is 441 g/mol. The molecule has 3 aromatic heterocycles. The molecule has 6 nitrogen and oxygen atoms in total. The molecule has 0 radical (unpaired) electrons. The van der Waals surface area contributed by atoms with E-state index < -0.39 is 0 Å². The maximum atomic E-state index is 13.1. The third-order valence-corrected chi connectivity index (χ3v) is 7.11. The van der Waals surface area contributed by atoms with Crippen LogP contribution < -0.4 is 10.2 Å². The Hall–Kier alpha value is -2.78. The molecule has 1 aliphatic rings. The fraction of sp³-hybridized carbons (Fsp3) is 0.286. The molecule has 5 rings (SSSR count). The molecule has 9 heteroatoms. The second kappa shape index (κ2) is 8.16. The second-order valence-electron chi connectivity index (χ2n) is 7.33. The lowest BCUT2D eigenvalue weighted by molar-refractivity contribution is -0.125. The van der Waals surface area contributed by atoms with Gasteiger partial charge in [-0.15, -0.1) is 16.4 Å². The maximum Gasteiger partial charge on any atom is 0.225 e. The first-order valence-electron chi connectivity index (χ1n) is 9.83. The highest BCUT2D eigenvalue weighted by Crippen LogP contribution is 2.30. The summed E-state index contributed by atoms with van der Waals surface area (Å²) in [5.74, 6) is -0.197. The number of rotatable bonds is 5. The molecular formula is C21H20FN5OS2. The Morgan fingerprint density at radius 1 is 1.27 bits per heavy atom. The lowest BCUT2D eigenvalue weighted by Gasteiger charge is -2.31. The Labute approximate surface area is 181 Å². The van der Waals surface area contributed by atoms with Crippen molar-refractivity contribution in [3.63, 3.8) is 0 Å². The van der Waals surface area contributed by atoms with E-state index in [0.29, 0.717) is 13.1 Å². The number of nitrogens with zero attached hydrogens (tertiary/aromatic N) is 4. The minimum atomic E-state index is -0.265. The van der Waals surface area contributed by atoms with Crippen molar-refractivity contribution in [2.75, 3.05) is 18.0 Å². The molecule has 1 aliphatic heterocycles. The van der Waals surface area contributed by atoms with Gasteiger partial charge in [-0.25, -0.2) is 13.9 Å². The predicted octanol–water partition coefficient (Wildman–Crippen LogP) is 4.19. The summed E-state index contributed by atoms with van der Waals surface area (Å²) in [5, 5.41) is 10.6. The number of aromatic nitrogens is 3. The first kappa shape index (κ1) is 19.2. The van der Waals surface area contributed by atoms with Crippen molar-refractivity contribution in [2.24, 2.45) is 5.92 Å². The smallest absolute Gasteiger partial charge is 0.225 e. The number of anilines is 1. The number of amides is 1. The van der Waals surface area contributed by atoms with Crippen molar-refractivity contribution < 1.29 is 9.18 Å². The van der Waals surface area contributed by atoms with E-state index in [4.69, 9.17) is 0 Å². The first-order chi connectivity index (χ1) is 14.7. The van der Waals surface area contributed by atoms with E-state index in [2.05, 4.69) is 20.3 Å². The quantitative estimate of drug-likeness (QED) is 0.504. The number of thiophene rings is 1. The van der Waals surface area contributed by atoms with Crippen LogP contribution in [0.25, 0.3) is 16.2 Å². The van der Waals surface area contributed by atoms with Crippen LogP contribution >= 0.6 is 22.7 Å². The number of carbonyl (C=O) groups excluding carboxylic acids is 1. The van der Waals surface area contributed by atoms with Crippen molar-refractivity contribution in [1.82, 2.24) is 19.9 Å². The largest absolute Gasteiger partial charge is 0.351 e. The van der Waals surface area contributed by atoms with Gasteiger partial charge >= 0.3 is 0 Å². The van der Waals surface area contributed by atoms with Crippen molar-refractivity contribution in [2.45, 2.75) is 19.4 Å². The average Bonchev–Trinajstić information content (AvgIpc) is 3.49. The van der Waals surface area contributed by atoms with Crippen LogP contribution in [0.4, 0.5) is 9.52 Å². The van der Waals surface area contributed by atoms with Crippen LogP contribution in [0, 0.1) is 11.7 Å². The Balaban J connectivity index is 1.27. The van der Waals surface area contributed by atoms with Gasteiger partial charge in [0.15, 0.2) is 0 Å². The minimum Gasteiger partial charge on any atom is -0.351 e. The highest BCUT2D eigenvalue weighted by molar-refractivity contribution is 7.20. The molecule has 1 saturated heterocycles. The molecule has 1 N–H and O–H groups in total. The zero-order chi connectivity index (χ0) is 20.5. The number of piperidine rings is 1. The number of fused-ring (bicyclic) bond motifs is 1. The Morgan fingerprint density at radius 2 is 2.13 bits per heavy atom. The number of hydrogen-bond donors (Lipinski definition) is 1. The van der Waals surface area contributed by atoms with Crippen molar-refractivity contribution >= 4 is 38.7 Å². The molecular weight excluding hydrogens is 421 g/mol. The highest BCUT2D eigenvalue weighted by Gasteiger charge is 2.27. The maximum absolute atomic E-state index is 13.1. The molecule has 4 heterocycles. The summed E-state index contributed by atoms with van der Waals surface area (Å²) in [4.78, 5) is 21.4. The second-order valence-corrected chi connectivity index (χ2v) is 9.29. The lowest BCUT2D eigenvalue weighted by atomic mass is 9.97. The third-order valence-electron chi connectivity index (χ3n) is 5.25. The number of nitrogens with one attached hydrogen (secondary N) is 1. The molecule has 1 amide bonds. The van der Waals surface area contributed by atoms with Crippen LogP contribution in [-0.2, 0) is 11.3 Å². The summed E-state index contributed by atoms with van der Waals surface area (Å²) >= 11 is 3.16. The Bertz CT molecular complexity index is 1120. The van der Waals surface area contributed by atoms with Crippen LogP contribution in [0.5, 0.6) is 0 Å². The van der Waals surface area contributed by atoms with Crippen LogP contribution in [-0.4, -0.2) is 33.6 Å². The molecule has 0 spiro atoms. The molecule has 4 aromatic rings.